The lowest BCUT2D eigenvalue weighted by Gasteiger charge is -2.35. The molecule has 1 aliphatic rings. The SMILES string of the molecule is CCS(=O)(=O)c1ccccc1C(=O)OCC(=O)N1c2ccccc2CCC1C. The minimum atomic E-state index is -3.58. The van der Waals surface area contributed by atoms with Crippen molar-refractivity contribution in [3.8, 4) is 0 Å². The second-order valence-electron chi connectivity index (χ2n) is 6.76. The number of benzene rings is 2. The zero-order valence-corrected chi connectivity index (χ0v) is 16.7. The Balaban J connectivity index is 1.77. The number of carbonyl (C=O) groups is 2. The van der Waals surface area contributed by atoms with Crippen LogP contribution in [0.2, 0.25) is 0 Å². The molecule has 148 valence electrons. The van der Waals surface area contributed by atoms with E-state index in [1.54, 1.807) is 17.0 Å². The number of anilines is 1. The fourth-order valence-corrected chi connectivity index (χ4v) is 4.49. The zero-order chi connectivity index (χ0) is 20.3. The van der Waals surface area contributed by atoms with Crippen LogP contribution in [0.3, 0.4) is 0 Å². The van der Waals surface area contributed by atoms with Gasteiger partial charge in [-0.15, -0.1) is 0 Å². The van der Waals surface area contributed by atoms with Crippen molar-refractivity contribution in [3.05, 3.63) is 59.7 Å². The average Bonchev–Trinajstić information content (AvgIpc) is 2.71. The van der Waals surface area contributed by atoms with Crippen LogP contribution in [-0.4, -0.2) is 38.7 Å². The molecule has 1 heterocycles. The molecule has 0 bridgehead atoms. The Bertz CT molecular complexity index is 999. The summed E-state index contributed by atoms with van der Waals surface area (Å²) in [4.78, 5) is 26.8. The molecule has 0 N–H and O–H groups in total. The highest BCUT2D eigenvalue weighted by atomic mass is 32.2. The molecular weight excluding hydrogens is 378 g/mol. The molecule has 0 radical (unpaired) electrons. The van der Waals surface area contributed by atoms with Crippen LogP contribution >= 0.6 is 0 Å². The van der Waals surface area contributed by atoms with E-state index in [2.05, 4.69) is 0 Å². The number of ether oxygens (including phenoxy) is 1. The van der Waals surface area contributed by atoms with Gasteiger partial charge in [-0.3, -0.25) is 4.79 Å². The van der Waals surface area contributed by atoms with Crippen LogP contribution in [0.4, 0.5) is 5.69 Å². The third-order valence-electron chi connectivity index (χ3n) is 4.94. The fraction of sp³-hybridized carbons (Fsp3) is 0.333. The maximum atomic E-state index is 12.8. The van der Waals surface area contributed by atoms with E-state index in [0.29, 0.717) is 0 Å². The number of fused-ring (bicyclic) bond motifs is 1. The lowest BCUT2D eigenvalue weighted by molar-refractivity contribution is -0.122. The van der Waals surface area contributed by atoms with Crippen LogP contribution in [0.25, 0.3) is 0 Å². The number of carbonyl (C=O) groups excluding carboxylic acids is 2. The number of hydrogen-bond donors (Lipinski definition) is 0. The first kappa shape index (κ1) is 20.1. The number of para-hydroxylation sites is 1. The maximum absolute atomic E-state index is 12.8. The Hall–Kier alpha value is -2.67. The maximum Gasteiger partial charge on any atom is 0.339 e. The van der Waals surface area contributed by atoms with Gasteiger partial charge in [-0.1, -0.05) is 37.3 Å². The van der Waals surface area contributed by atoms with Crippen LogP contribution in [0, 0.1) is 0 Å². The van der Waals surface area contributed by atoms with Crippen molar-refractivity contribution in [1.29, 1.82) is 0 Å². The van der Waals surface area contributed by atoms with Crippen molar-refractivity contribution < 1.29 is 22.7 Å². The Morgan fingerprint density at radius 2 is 1.79 bits per heavy atom. The standard InChI is InChI=1S/C21H23NO5S/c1-3-28(25,26)19-11-7-5-9-17(19)21(24)27-14-20(23)22-15(2)12-13-16-8-4-6-10-18(16)22/h4-11,15H,3,12-14H2,1-2H3. The Morgan fingerprint density at radius 3 is 2.54 bits per heavy atom. The summed E-state index contributed by atoms with van der Waals surface area (Å²) in [5, 5.41) is 0. The molecule has 1 unspecified atom stereocenters. The third kappa shape index (κ3) is 3.94. The molecule has 1 amide bonds. The quantitative estimate of drug-likeness (QED) is 0.720. The lowest BCUT2D eigenvalue weighted by atomic mass is 9.96. The van der Waals surface area contributed by atoms with Gasteiger partial charge in [0.25, 0.3) is 5.91 Å². The summed E-state index contributed by atoms with van der Waals surface area (Å²) in [7, 11) is -3.58. The van der Waals surface area contributed by atoms with Crippen molar-refractivity contribution in [2.24, 2.45) is 0 Å². The normalized spacial score (nSPS) is 16.4. The molecule has 6 nitrogen and oxygen atoms in total. The van der Waals surface area contributed by atoms with Crippen molar-refractivity contribution in [2.45, 2.75) is 37.6 Å². The number of sulfone groups is 1. The molecule has 0 saturated heterocycles. The highest BCUT2D eigenvalue weighted by molar-refractivity contribution is 7.91. The van der Waals surface area contributed by atoms with Crippen molar-refractivity contribution in [1.82, 2.24) is 0 Å². The molecule has 2 aromatic rings. The molecule has 3 rings (SSSR count). The molecule has 0 aromatic heterocycles. The largest absolute Gasteiger partial charge is 0.452 e. The van der Waals surface area contributed by atoms with E-state index < -0.39 is 22.4 Å². The predicted octanol–water partition coefficient (Wildman–Crippen LogP) is 3.00. The molecular formula is C21H23NO5S. The van der Waals surface area contributed by atoms with Gasteiger partial charge in [0.1, 0.15) is 0 Å². The molecule has 0 fully saturated rings. The van der Waals surface area contributed by atoms with E-state index in [1.807, 2.05) is 31.2 Å². The van der Waals surface area contributed by atoms with Crippen LogP contribution in [0.1, 0.15) is 36.2 Å². The van der Waals surface area contributed by atoms with Crippen LogP contribution in [-0.2, 0) is 25.8 Å². The lowest BCUT2D eigenvalue weighted by Crippen LogP contribution is -2.44. The summed E-state index contributed by atoms with van der Waals surface area (Å²) < 4.78 is 29.6. The van der Waals surface area contributed by atoms with Gasteiger partial charge in [-0.05, 0) is 43.5 Å². The summed E-state index contributed by atoms with van der Waals surface area (Å²) in [5.41, 5.74) is 1.86. The van der Waals surface area contributed by atoms with Gasteiger partial charge >= 0.3 is 5.97 Å². The number of rotatable bonds is 5. The molecule has 0 aliphatic carbocycles. The van der Waals surface area contributed by atoms with E-state index in [4.69, 9.17) is 4.74 Å². The van der Waals surface area contributed by atoms with Crippen molar-refractivity contribution >= 4 is 27.4 Å². The summed E-state index contributed by atoms with van der Waals surface area (Å²) in [5.74, 6) is -1.28. The molecule has 0 saturated carbocycles. The van der Waals surface area contributed by atoms with Gasteiger partial charge in [0.15, 0.2) is 16.4 Å². The van der Waals surface area contributed by atoms with Gasteiger partial charge in [-0.2, -0.15) is 0 Å². The first-order valence-corrected chi connectivity index (χ1v) is 10.9. The summed E-state index contributed by atoms with van der Waals surface area (Å²) in [6, 6.07) is 13.6. The fourth-order valence-electron chi connectivity index (χ4n) is 3.40. The molecule has 7 heteroatoms. The van der Waals surface area contributed by atoms with Crippen molar-refractivity contribution in [3.63, 3.8) is 0 Å². The molecule has 0 spiro atoms. The summed E-state index contributed by atoms with van der Waals surface area (Å²) >= 11 is 0. The van der Waals surface area contributed by atoms with Gasteiger partial charge in [0, 0.05) is 11.7 Å². The zero-order valence-electron chi connectivity index (χ0n) is 15.9. The van der Waals surface area contributed by atoms with Crippen LogP contribution in [0.5, 0.6) is 0 Å². The molecule has 2 aromatic carbocycles. The topological polar surface area (TPSA) is 80.7 Å². The number of nitrogens with zero attached hydrogens (tertiary/aromatic N) is 1. The van der Waals surface area contributed by atoms with E-state index in [9.17, 15) is 18.0 Å². The molecule has 28 heavy (non-hydrogen) atoms. The summed E-state index contributed by atoms with van der Waals surface area (Å²) in [6.07, 6.45) is 1.72. The summed E-state index contributed by atoms with van der Waals surface area (Å²) in [6.45, 7) is 3.02. The molecule has 1 atom stereocenters. The highest BCUT2D eigenvalue weighted by Gasteiger charge is 2.29. The third-order valence-corrected chi connectivity index (χ3v) is 6.73. The minimum Gasteiger partial charge on any atom is -0.452 e. The Labute approximate surface area is 165 Å². The van der Waals surface area contributed by atoms with Crippen molar-refractivity contribution in [2.75, 3.05) is 17.3 Å². The smallest absolute Gasteiger partial charge is 0.339 e. The monoisotopic (exact) mass is 401 g/mol. The average molecular weight is 401 g/mol. The second-order valence-corrected chi connectivity index (χ2v) is 9.00. The first-order valence-electron chi connectivity index (χ1n) is 9.24. The highest BCUT2D eigenvalue weighted by Crippen LogP contribution is 2.30. The number of esters is 1. The number of hydrogen-bond acceptors (Lipinski definition) is 5. The van der Waals surface area contributed by atoms with Gasteiger partial charge in [0.05, 0.1) is 16.2 Å². The molecule has 1 aliphatic heterocycles. The Morgan fingerprint density at radius 1 is 1.11 bits per heavy atom. The van der Waals surface area contributed by atoms with Crippen LogP contribution < -0.4 is 4.90 Å². The van der Waals surface area contributed by atoms with Gasteiger partial charge in [0.2, 0.25) is 0 Å². The number of aryl methyl sites for hydroxylation is 1. The first-order chi connectivity index (χ1) is 13.3. The minimum absolute atomic E-state index is 0.00569. The predicted molar refractivity (Wildman–Crippen MR) is 106 cm³/mol. The second kappa shape index (κ2) is 8.14. The van der Waals surface area contributed by atoms with Gasteiger partial charge in [-0.25, -0.2) is 13.2 Å². The van der Waals surface area contributed by atoms with E-state index in [0.717, 1.165) is 24.1 Å². The van der Waals surface area contributed by atoms with Gasteiger partial charge < -0.3 is 9.64 Å². The van der Waals surface area contributed by atoms with Crippen LogP contribution in [0.15, 0.2) is 53.4 Å². The van der Waals surface area contributed by atoms with E-state index >= 15 is 0 Å². The Kier molecular flexibility index (Phi) is 5.84. The van der Waals surface area contributed by atoms with E-state index in [-0.39, 0.29) is 28.2 Å². The van der Waals surface area contributed by atoms with E-state index in [1.165, 1.54) is 19.1 Å². The number of amides is 1.